The number of para-hydroxylation sites is 1. The molecule has 21 heavy (non-hydrogen) atoms. The molecule has 1 N–H and O–H groups in total. The smallest absolute Gasteiger partial charge is 0.260 e. The number of nitrogens with one attached hydrogen (secondary N) is 1. The Morgan fingerprint density at radius 3 is 3.00 bits per heavy atom. The van der Waals surface area contributed by atoms with Gasteiger partial charge in [-0.2, -0.15) is 0 Å². The lowest BCUT2D eigenvalue weighted by molar-refractivity contribution is 0.0984. The van der Waals surface area contributed by atoms with Gasteiger partial charge >= 0.3 is 0 Å². The summed E-state index contributed by atoms with van der Waals surface area (Å²) in [5.41, 5.74) is 2.18. The maximum absolute atomic E-state index is 13.3. The highest BCUT2D eigenvalue weighted by Gasteiger charge is 2.25. The number of hydrogen-bond acceptors (Lipinski definition) is 3. The van der Waals surface area contributed by atoms with E-state index in [0.29, 0.717) is 13.1 Å². The first-order valence-corrected chi connectivity index (χ1v) is 6.89. The van der Waals surface area contributed by atoms with Crippen LogP contribution in [0.15, 0.2) is 42.7 Å². The third-order valence-electron chi connectivity index (χ3n) is 3.58. The van der Waals surface area contributed by atoms with E-state index in [1.807, 2.05) is 31.2 Å². The van der Waals surface area contributed by atoms with Crippen molar-refractivity contribution in [2.45, 2.75) is 19.5 Å². The van der Waals surface area contributed by atoms with Gasteiger partial charge in [0.25, 0.3) is 5.91 Å². The van der Waals surface area contributed by atoms with Crippen molar-refractivity contribution < 1.29 is 9.18 Å². The molecule has 0 saturated carbocycles. The first kappa shape index (κ1) is 13.7. The summed E-state index contributed by atoms with van der Waals surface area (Å²) in [5.74, 6) is -0.736. The lowest BCUT2D eigenvalue weighted by atomic mass is 10.1. The largest absolute Gasteiger partial charge is 0.308 e. The molecule has 1 unspecified atom stereocenters. The van der Waals surface area contributed by atoms with Crippen LogP contribution >= 0.6 is 0 Å². The van der Waals surface area contributed by atoms with Crippen molar-refractivity contribution in [1.82, 2.24) is 10.3 Å². The third-order valence-corrected chi connectivity index (χ3v) is 3.58. The molecule has 0 fully saturated rings. The molecule has 1 aromatic carbocycles. The summed E-state index contributed by atoms with van der Waals surface area (Å²) in [5, 5.41) is 3.36. The van der Waals surface area contributed by atoms with E-state index < -0.39 is 5.82 Å². The van der Waals surface area contributed by atoms with Gasteiger partial charge in [-0.25, -0.2) is 4.39 Å². The fraction of sp³-hybridized carbons (Fsp3) is 0.250. The fourth-order valence-corrected chi connectivity index (χ4v) is 2.52. The van der Waals surface area contributed by atoms with Gasteiger partial charge in [0, 0.05) is 31.0 Å². The van der Waals surface area contributed by atoms with E-state index in [2.05, 4.69) is 10.3 Å². The van der Waals surface area contributed by atoms with Crippen molar-refractivity contribution in [3.63, 3.8) is 0 Å². The Morgan fingerprint density at radius 2 is 2.19 bits per heavy atom. The summed E-state index contributed by atoms with van der Waals surface area (Å²) in [4.78, 5) is 18.2. The lowest BCUT2D eigenvalue weighted by Crippen LogP contribution is -2.39. The molecule has 0 bridgehead atoms. The fourth-order valence-electron chi connectivity index (χ4n) is 2.52. The molecule has 1 atom stereocenters. The van der Waals surface area contributed by atoms with Crippen LogP contribution in [0.3, 0.4) is 0 Å². The number of amides is 1. The minimum absolute atomic E-state index is 0.155. The standard InChI is InChI=1S/C16H16FN3O/c1-11-10-20(15-5-3-2-4-12(15)8-19-11)16(21)13-6-14(17)9-18-7-13/h2-7,9,11,19H,8,10H2,1H3. The quantitative estimate of drug-likeness (QED) is 0.875. The van der Waals surface area contributed by atoms with E-state index in [9.17, 15) is 9.18 Å². The summed E-state index contributed by atoms with van der Waals surface area (Å²) < 4.78 is 13.3. The number of halogens is 1. The molecule has 1 aliphatic heterocycles. The zero-order valence-electron chi connectivity index (χ0n) is 11.7. The number of fused-ring (bicyclic) bond motifs is 1. The van der Waals surface area contributed by atoms with Crippen molar-refractivity contribution in [2.75, 3.05) is 11.4 Å². The SMILES string of the molecule is CC1CN(C(=O)c2cncc(F)c2)c2ccccc2CN1. The Labute approximate surface area is 122 Å². The maximum atomic E-state index is 13.3. The normalized spacial score (nSPS) is 18.0. The molecule has 1 aromatic heterocycles. The van der Waals surface area contributed by atoms with E-state index in [0.717, 1.165) is 17.4 Å². The summed E-state index contributed by atoms with van der Waals surface area (Å²) >= 11 is 0. The predicted molar refractivity (Wildman–Crippen MR) is 78.6 cm³/mol. The Morgan fingerprint density at radius 1 is 1.38 bits per heavy atom. The first-order chi connectivity index (χ1) is 10.1. The van der Waals surface area contributed by atoms with E-state index in [1.54, 1.807) is 4.90 Å². The summed E-state index contributed by atoms with van der Waals surface area (Å²) in [6.45, 7) is 3.27. The first-order valence-electron chi connectivity index (χ1n) is 6.89. The van der Waals surface area contributed by atoms with Crippen LogP contribution in [0, 0.1) is 5.82 Å². The average molecular weight is 285 g/mol. The van der Waals surface area contributed by atoms with Gasteiger partial charge in [0.2, 0.25) is 0 Å². The molecule has 2 heterocycles. The van der Waals surface area contributed by atoms with Crippen LogP contribution in [0.25, 0.3) is 0 Å². The monoisotopic (exact) mass is 285 g/mol. The average Bonchev–Trinajstić information content (AvgIpc) is 2.66. The number of nitrogens with zero attached hydrogens (tertiary/aromatic N) is 2. The number of rotatable bonds is 1. The Bertz CT molecular complexity index is 674. The van der Waals surface area contributed by atoms with Crippen LogP contribution in [-0.4, -0.2) is 23.5 Å². The van der Waals surface area contributed by atoms with E-state index in [-0.39, 0.29) is 17.5 Å². The highest BCUT2D eigenvalue weighted by atomic mass is 19.1. The predicted octanol–water partition coefficient (Wildman–Crippen LogP) is 2.36. The van der Waals surface area contributed by atoms with Crippen molar-refractivity contribution in [1.29, 1.82) is 0 Å². The van der Waals surface area contributed by atoms with E-state index in [4.69, 9.17) is 0 Å². The molecule has 2 aromatic rings. The van der Waals surface area contributed by atoms with Crippen LogP contribution in [0.1, 0.15) is 22.8 Å². The molecule has 0 saturated heterocycles. The number of benzene rings is 1. The maximum Gasteiger partial charge on any atom is 0.260 e. The van der Waals surface area contributed by atoms with Gasteiger partial charge < -0.3 is 10.2 Å². The van der Waals surface area contributed by atoms with Crippen molar-refractivity contribution in [2.24, 2.45) is 0 Å². The van der Waals surface area contributed by atoms with E-state index >= 15 is 0 Å². The Hall–Kier alpha value is -2.27. The van der Waals surface area contributed by atoms with Crippen LogP contribution in [-0.2, 0) is 6.54 Å². The molecule has 0 spiro atoms. The number of carbonyl (C=O) groups excluding carboxylic acids is 1. The molecule has 3 rings (SSSR count). The molecule has 108 valence electrons. The third kappa shape index (κ3) is 2.78. The molecule has 5 heteroatoms. The van der Waals surface area contributed by atoms with Crippen molar-refractivity contribution >= 4 is 11.6 Å². The van der Waals surface area contributed by atoms with Gasteiger partial charge in [0.05, 0.1) is 11.8 Å². The van der Waals surface area contributed by atoms with Crippen molar-refractivity contribution in [3.05, 3.63) is 59.7 Å². The Kier molecular flexibility index (Phi) is 3.66. The topological polar surface area (TPSA) is 45.2 Å². The summed E-state index contributed by atoms with van der Waals surface area (Å²) in [6, 6.07) is 9.13. The second-order valence-electron chi connectivity index (χ2n) is 5.22. The molecule has 1 amide bonds. The second kappa shape index (κ2) is 5.61. The van der Waals surface area contributed by atoms with Gasteiger partial charge in [-0.3, -0.25) is 9.78 Å². The number of hydrogen-bond donors (Lipinski definition) is 1. The van der Waals surface area contributed by atoms with Gasteiger partial charge in [0.1, 0.15) is 5.82 Å². The van der Waals surface area contributed by atoms with Crippen LogP contribution in [0.5, 0.6) is 0 Å². The van der Waals surface area contributed by atoms with Gasteiger partial charge in [-0.1, -0.05) is 18.2 Å². The Balaban J connectivity index is 2.01. The highest BCUT2D eigenvalue weighted by molar-refractivity contribution is 6.06. The van der Waals surface area contributed by atoms with Gasteiger partial charge in [-0.15, -0.1) is 0 Å². The van der Waals surface area contributed by atoms with E-state index in [1.165, 1.54) is 12.3 Å². The zero-order chi connectivity index (χ0) is 14.8. The summed E-state index contributed by atoms with van der Waals surface area (Å²) in [6.07, 6.45) is 2.49. The molecule has 0 radical (unpaired) electrons. The minimum atomic E-state index is -0.505. The molecular formula is C16H16FN3O. The van der Waals surface area contributed by atoms with Crippen LogP contribution in [0.4, 0.5) is 10.1 Å². The highest BCUT2D eigenvalue weighted by Crippen LogP contribution is 2.25. The second-order valence-corrected chi connectivity index (χ2v) is 5.22. The van der Waals surface area contributed by atoms with Crippen LogP contribution in [0.2, 0.25) is 0 Å². The van der Waals surface area contributed by atoms with Crippen LogP contribution < -0.4 is 10.2 Å². The number of anilines is 1. The number of aromatic nitrogens is 1. The number of pyridine rings is 1. The van der Waals surface area contributed by atoms with Crippen molar-refractivity contribution in [3.8, 4) is 0 Å². The molecular weight excluding hydrogens is 269 g/mol. The summed E-state index contributed by atoms with van der Waals surface area (Å²) in [7, 11) is 0. The van der Waals surface area contributed by atoms with Gasteiger partial charge in [0.15, 0.2) is 0 Å². The molecule has 0 aliphatic carbocycles. The molecule has 1 aliphatic rings. The minimum Gasteiger partial charge on any atom is -0.308 e. The van der Waals surface area contributed by atoms with Gasteiger partial charge in [-0.05, 0) is 24.6 Å². The zero-order valence-corrected chi connectivity index (χ0v) is 11.7. The lowest BCUT2D eigenvalue weighted by Gasteiger charge is -2.24. The molecule has 4 nitrogen and oxygen atoms in total. The number of carbonyl (C=O) groups is 1.